The van der Waals surface area contributed by atoms with Crippen LogP contribution in [0.25, 0.3) is 111 Å². The first kappa shape index (κ1) is 32.8. The van der Waals surface area contributed by atoms with Gasteiger partial charge in [0.1, 0.15) is 11.2 Å². The minimum absolute atomic E-state index is 0.255. The van der Waals surface area contributed by atoms with E-state index in [0.29, 0.717) is 17.5 Å². The molecule has 0 saturated heterocycles. The summed E-state index contributed by atoms with van der Waals surface area (Å²) < 4.78 is 6.35. The second kappa shape index (κ2) is 12.3. The lowest BCUT2D eigenvalue weighted by atomic mass is 9.81. The van der Waals surface area contributed by atoms with Gasteiger partial charge in [0.25, 0.3) is 0 Å². The van der Waals surface area contributed by atoms with Crippen LogP contribution >= 0.6 is 0 Å². The minimum Gasteiger partial charge on any atom is -0.456 e. The van der Waals surface area contributed by atoms with Gasteiger partial charge in [0.15, 0.2) is 17.5 Å². The van der Waals surface area contributed by atoms with Crippen molar-refractivity contribution >= 4 is 54.3 Å². The van der Waals surface area contributed by atoms with Crippen LogP contribution in [0.2, 0.25) is 0 Å². The van der Waals surface area contributed by atoms with E-state index in [9.17, 15) is 0 Å². The second-order valence-corrected chi connectivity index (χ2v) is 15.9. The van der Waals surface area contributed by atoms with E-state index in [0.717, 1.165) is 44.4 Å². The fourth-order valence-corrected chi connectivity index (χ4v) is 9.44. The summed E-state index contributed by atoms with van der Waals surface area (Å²) in [7, 11) is 0. The Labute approximate surface area is 335 Å². The van der Waals surface area contributed by atoms with Gasteiger partial charge in [0.05, 0.1) is 0 Å². The molecule has 1 aliphatic rings. The Balaban J connectivity index is 1.08. The van der Waals surface area contributed by atoms with Crippen molar-refractivity contribution in [2.75, 3.05) is 0 Å². The maximum absolute atomic E-state index is 6.35. The van der Waals surface area contributed by atoms with E-state index < -0.39 is 0 Å². The maximum Gasteiger partial charge on any atom is 0.164 e. The maximum atomic E-state index is 6.35. The van der Waals surface area contributed by atoms with Gasteiger partial charge in [-0.3, -0.25) is 0 Å². The normalized spacial score (nSPS) is 13.1. The molecule has 0 bridgehead atoms. The molecule has 0 atom stereocenters. The van der Waals surface area contributed by atoms with Gasteiger partial charge in [-0.1, -0.05) is 166 Å². The van der Waals surface area contributed by atoms with E-state index in [1.807, 2.05) is 12.1 Å². The fraction of sp³-hybridized carbons (Fsp3) is 0.0556. The van der Waals surface area contributed by atoms with Crippen molar-refractivity contribution in [2.24, 2.45) is 0 Å². The third kappa shape index (κ3) is 4.85. The van der Waals surface area contributed by atoms with Gasteiger partial charge in [-0.2, -0.15) is 0 Å². The third-order valence-electron chi connectivity index (χ3n) is 12.3. The van der Waals surface area contributed by atoms with Crippen molar-refractivity contribution in [1.82, 2.24) is 15.0 Å². The van der Waals surface area contributed by atoms with Gasteiger partial charge >= 0.3 is 0 Å². The lowest BCUT2D eigenvalue weighted by molar-refractivity contribution is 0.656. The zero-order valence-corrected chi connectivity index (χ0v) is 32.0. The summed E-state index contributed by atoms with van der Waals surface area (Å²) in [4.78, 5) is 15.9. The Bertz CT molecular complexity index is 3490. The van der Waals surface area contributed by atoms with Crippen molar-refractivity contribution in [3.63, 3.8) is 0 Å². The molecule has 0 aliphatic heterocycles. The van der Waals surface area contributed by atoms with E-state index in [2.05, 4.69) is 178 Å². The molecule has 2 aromatic heterocycles. The summed E-state index contributed by atoms with van der Waals surface area (Å²) >= 11 is 0. The van der Waals surface area contributed by atoms with Crippen LogP contribution in [-0.4, -0.2) is 15.0 Å². The number of benzene rings is 9. The summed E-state index contributed by atoms with van der Waals surface area (Å²) in [6, 6.07) is 62.4. The molecule has 1 aliphatic carbocycles. The highest BCUT2D eigenvalue weighted by Gasteiger charge is 2.38. The van der Waals surface area contributed by atoms with Gasteiger partial charge in [0, 0.05) is 32.9 Å². The van der Waals surface area contributed by atoms with Crippen molar-refractivity contribution < 1.29 is 4.42 Å². The summed E-state index contributed by atoms with van der Waals surface area (Å²) in [5, 5.41) is 9.59. The van der Waals surface area contributed by atoms with Crippen molar-refractivity contribution in [3.05, 3.63) is 187 Å². The van der Waals surface area contributed by atoms with Crippen LogP contribution < -0.4 is 0 Å². The lowest BCUT2D eigenvalue weighted by Crippen LogP contribution is -2.15. The molecule has 0 amide bonds. The molecule has 0 spiro atoms. The number of fused-ring (bicyclic) bond motifs is 12. The van der Waals surface area contributed by atoms with Gasteiger partial charge < -0.3 is 4.42 Å². The summed E-state index contributed by atoms with van der Waals surface area (Å²) in [5.74, 6) is 1.91. The molecule has 4 nitrogen and oxygen atoms in total. The Hall–Kier alpha value is -7.43. The van der Waals surface area contributed by atoms with Crippen molar-refractivity contribution in [1.29, 1.82) is 0 Å². The molecule has 272 valence electrons. The highest BCUT2D eigenvalue weighted by Crippen LogP contribution is 2.53. The Morgan fingerprint density at radius 1 is 0.379 bits per heavy atom. The smallest absolute Gasteiger partial charge is 0.164 e. The molecule has 0 unspecified atom stereocenters. The van der Waals surface area contributed by atoms with Crippen LogP contribution in [0.3, 0.4) is 0 Å². The number of hydrogen-bond acceptors (Lipinski definition) is 4. The zero-order chi connectivity index (χ0) is 38.5. The molecular weight excluding hydrogens is 707 g/mol. The van der Waals surface area contributed by atoms with E-state index >= 15 is 0 Å². The van der Waals surface area contributed by atoms with Crippen LogP contribution in [0.5, 0.6) is 0 Å². The predicted molar refractivity (Wildman–Crippen MR) is 239 cm³/mol. The number of aromatic nitrogens is 3. The van der Waals surface area contributed by atoms with Crippen LogP contribution in [0, 0.1) is 0 Å². The second-order valence-electron chi connectivity index (χ2n) is 15.9. The van der Waals surface area contributed by atoms with Crippen molar-refractivity contribution in [3.8, 4) is 56.4 Å². The molecule has 9 aromatic carbocycles. The number of para-hydroxylation sites is 1. The van der Waals surface area contributed by atoms with Gasteiger partial charge in [-0.05, 0) is 90.0 Å². The number of rotatable bonds is 4. The molecule has 12 rings (SSSR count). The summed E-state index contributed by atoms with van der Waals surface area (Å²) in [6.45, 7) is 4.64. The SMILES string of the molecule is CC1(C)c2cc(-c3nc(-c4ccc5ccc6c7ccccc7ccc6c5c4)nc(-c4ccccc4-c4ccccc4)n3)ccc2-c2c1ccc1oc3ccccc3c21. The molecule has 0 radical (unpaired) electrons. The van der Waals surface area contributed by atoms with E-state index in [-0.39, 0.29) is 5.41 Å². The standard InChI is InChI=1S/C54H35N3O/c1-54(2)45-28-29-48-50(43-18-10-11-19-47(43)58-48)49(45)42-27-24-36(31-46(42)54)52-55-51(56-53(57-52)41-17-9-8-16-38(41)32-12-4-3-5-13-32)35-21-20-34-23-25-39-37-15-7-6-14-33(37)22-26-40(39)44(34)30-35/h3-31H,1-2H3. The minimum atomic E-state index is -0.255. The molecule has 0 saturated carbocycles. The highest BCUT2D eigenvalue weighted by atomic mass is 16.3. The number of furan rings is 1. The Kier molecular flexibility index (Phi) is 6.94. The lowest BCUT2D eigenvalue weighted by Gasteiger charge is -2.22. The van der Waals surface area contributed by atoms with E-state index in [1.54, 1.807) is 0 Å². The summed E-state index contributed by atoms with van der Waals surface area (Å²) in [5.41, 5.74) is 11.6. The number of hydrogen-bond donors (Lipinski definition) is 0. The molecule has 11 aromatic rings. The fourth-order valence-electron chi connectivity index (χ4n) is 9.44. The quantitative estimate of drug-likeness (QED) is 0.169. The Morgan fingerprint density at radius 3 is 1.83 bits per heavy atom. The van der Waals surface area contributed by atoms with Crippen molar-refractivity contribution in [2.45, 2.75) is 19.3 Å². The van der Waals surface area contributed by atoms with Gasteiger partial charge in [-0.25, -0.2) is 15.0 Å². The first-order chi connectivity index (χ1) is 28.5. The summed E-state index contributed by atoms with van der Waals surface area (Å²) in [6.07, 6.45) is 0. The largest absolute Gasteiger partial charge is 0.456 e. The molecule has 0 fully saturated rings. The molecule has 2 heterocycles. The van der Waals surface area contributed by atoms with E-state index in [1.165, 1.54) is 60.0 Å². The van der Waals surface area contributed by atoms with Crippen LogP contribution in [0.4, 0.5) is 0 Å². The van der Waals surface area contributed by atoms with Crippen LogP contribution in [0.15, 0.2) is 180 Å². The van der Waals surface area contributed by atoms with Crippen LogP contribution in [0.1, 0.15) is 25.0 Å². The topological polar surface area (TPSA) is 51.8 Å². The van der Waals surface area contributed by atoms with E-state index in [4.69, 9.17) is 19.4 Å². The first-order valence-corrected chi connectivity index (χ1v) is 19.9. The third-order valence-corrected chi connectivity index (χ3v) is 12.3. The van der Waals surface area contributed by atoms with Gasteiger partial charge in [-0.15, -0.1) is 0 Å². The van der Waals surface area contributed by atoms with Gasteiger partial charge in [0.2, 0.25) is 0 Å². The average Bonchev–Trinajstić information content (AvgIpc) is 3.77. The molecular formula is C54H35N3O. The molecule has 4 heteroatoms. The monoisotopic (exact) mass is 741 g/mol. The predicted octanol–water partition coefficient (Wildman–Crippen LogP) is 14.2. The number of nitrogens with zero attached hydrogens (tertiary/aromatic N) is 3. The first-order valence-electron chi connectivity index (χ1n) is 19.9. The average molecular weight is 742 g/mol. The highest BCUT2D eigenvalue weighted by molar-refractivity contribution is 6.18. The Morgan fingerprint density at radius 2 is 1.00 bits per heavy atom. The molecule has 58 heavy (non-hydrogen) atoms. The zero-order valence-electron chi connectivity index (χ0n) is 32.0. The van der Waals surface area contributed by atoms with Crippen LogP contribution in [-0.2, 0) is 5.41 Å². The molecule has 0 N–H and O–H groups in total.